The summed E-state index contributed by atoms with van der Waals surface area (Å²) in [6.45, 7) is 23.4. The maximum Gasteiger partial charge on any atom is 0.0999 e. The Morgan fingerprint density at radius 1 is 0.559 bits per heavy atom. The molecule has 0 aliphatic heterocycles. The van der Waals surface area contributed by atoms with Gasteiger partial charge in [0.1, 0.15) is 0 Å². The molecule has 2 heteroatoms. The molecule has 0 radical (unpaired) electrons. The number of thiophene rings is 1. The van der Waals surface area contributed by atoms with Crippen molar-refractivity contribution in [3.05, 3.63) is 77.2 Å². The lowest BCUT2D eigenvalue weighted by Crippen LogP contribution is -2.25. The van der Waals surface area contributed by atoms with E-state index in [1.54, 1.807) is 11.3 Å². The molecule has 0 amide bonds. The van der Waals surface area contributed by atoms with Gasteiger partial charge in [0.05, 0.1) is 5.00 Å². The van der Waals surface area contributed by atoms with Crippen molar-refractivity contribution < 1.29 is 0 Å². The topological polar surface area (TPSA) is 3.24 Å². The number of hydrogen-bond acceptors (Lipinski definition) is 2. The first-order chi connectivity index (χ1) is 15.6. The molecule has 0 saturated carbocycles. The molecule has 3 rings (SSSR count). The summed E-state index contributed by atoms with van der Waals surface area (Å²) in [5.41, 5.74) is 6.10. The van der Waals surface area contributed by atoms with Crippen molar-refractivity contribution in [3.63, 3.8) is 0 Å². The van der Waals surface area contributed by atoms with Crippen LogP contribution in [-0.4, -0.2) is 0 Å². The largest absolute Gasteiger partial charge is 0.302 e. The fraction of sp³-hybridized carbons (Fsp3) is 0.500. The van der Waals surface area contributed by atoms with Gasteiger partial charge in [-0.3, -0.25) is 0 Å². The van der Waals surface area contributed by atoms with Gasteiger partial charge < -0.3 is 4.90 Å². The Morgan fingerprint density at radius 3 is 1.24 bits per heavy atom. The monoisotopic (exact) mass is 475 g/mol. The second-order valence-electron chi connectivity index (χ2n) is 13.6. The SMILES string of the molecule is CC(C)(C)CC(C)(C)c1ccc(N(c2ccc(C(C)(C)CC(C)(C)C)cc2)c2cccs2)cc1. The van der Waals surface area contributed by atoms with E-state index < -0.39 is 0 Å². The van der Waals surface area contributed by atoms with Gasteiger partial charge in [-0.1, -0.05) is 93.5 Å². The molecule has 184 valence electrons. The Bertz CT molecular complexity index is 969. The van der Waals surface area contributed by atoms with Gasteiger partial charge in [0, 0.05) is 11.4 Å². The zero-order valence-electron chi connectivity index (χ0n) is 23.1. The van der Waals surface area contributed by atoms with Gasteiger partial charge in [0.15, 0.2) is 0 Å². The Labute approximate surface area is 213 Å². The van der Waals surface area contributed by atoms with Crippen LogP contribution < -0.4 is 4.90 Å². The van der Waals surface area contributed by atoms with Gasteiger partial charge in [0.2, 0.25) is 0 Å². The summed E-state index contributed by atoms with van der Waals surface area (Å²) in [4.78, 5) is 2.38. The number of benzene rings is 2. The second-order valence-corrected chi connectivity index (χ2v) is 14.5. The van der Waals surface area contributed by atoms with Crippen LogP contribution in [0.1, 0.15) is 93.2 Å². The Kier molecular flexibility index (Phi) is 7.44. The lowest BCUT2D eigenvalue weighted by Gasteiger charge is -2.34. The third-order valence-electron chi connectivity index (χ3n) is 6.49. The minimum atomic E-state index is 0.144. The Hall–Kier alpha value is -2.06. The van der Waals surface area contributed by atoms with Gasteiger partial charge in [0.25, 0.3) is 0 Å². The molecule has 1 nitrogen and oxygen atoms in total. The molecule has 1 aromatic heterocycles. The summed E-state index contributed by atoms with van der Waals surface area (Å²) in [5, 5.41) is 3.40. The highest BCUT2D eigenvalue weighted by atomic mass is 32.1. The van der Waals surface area contributed by atoms with E-state index in [1.807, 2.05) is 0 Å². The highest BCUT2D eigenvalue weighted by molar-refractivity contribution is 7.14. The molecule has 0 aliphatic carbocycles. The quantitative estimate of drug-likeness (QED) is 0.328. The molecule has 0 N–H and O–H groups in total. The minimum absolute atomic E-state index is 0.144. The highest BCUT2D eigenvalue weighted by Crippen LogP contribution is 2.42. The van der Waals surface area contributed by atoms with Crippen LogP contribution in [0, 0.1) is 10.8 Å². The Balaban J connectivity index is 1.94. The zero-order valence-corrected chi connectivity index (χ0v) is 23.9. The predicted octanol–water partition coefficient (Wildman–Crippen LogP) is 10.6. The van der Waals surface area contributed by atoms with E-state index in [0.29, 0.717) is 10.8 Å². The first-order valence-electron chi connectivity index (χ1n) is 12.6. The van der Waals surface area contributed by atoms with E-state index in [2.05, 4.69) is 140 Å². The van der Waals surface area contributed by atoms with Crippen LogP contribution >= 0.6 is 11.3 Å². The molecule has 34 heavy (non-hydrogen) atoms. The van der Waals surface area contributed by atoms with Crippen LogP contribution in [0.25, 0.3) is 0 Å². The van der Waals surface area contributed by atoms with Crippen molar-refractivity contribution in [2.75, 3.05) is 4.90 Å². The lowest BCUT2D eigenvalue weighted by molar-refractivity contribution is 0.283. The molecular formula is C32H45NS. The van der Waals surface area contributed by atoms with Crippen molar-refractivity contribution in [1.82, 2.24) is 0 Å². The van der Waals surface area contributed by atoms with Crippen molar-refractivity contribution in [3.8, 4) is 0 Å². The third-order valence-corrected chi connectivity index (χ3v) is 7.34. The van der Waals surface area contributed by atoms with Crippen molar-refractivity contribution >= 4 is 27.7 Å². The van der Waals surface area contributed by atoms with E-state index in [1.165, 1.54) is 27.5 Å². The van der Waals surface area contributed by atoms with Crippen LogP contribution in [0.3, 0.4) is 0 Å². The average molecular weight is 476 g/mol. The maximum absolute atomic E-state index is 2.38. The van der Waals surface area contributed by atoms with E-state index in [9.17, 15) is 0 Å². The summed E-state index contributed by atoms with van der Waals surface area (Å²) in [5.74, 6) is 0. The molecule has 1 heterocycles. The van der Waals surface area contributed by atoms with Crippen LogP contribution in [-0.2, 0) is 10.8 Å². The summed E-state index contributed by atoms with van der Waals surface area (Å²) in [6.07, 6.45) is 2.31. The second kappa shape index (κ2) is 9.53. The molecule has 2 aromatic carbocycles. The fourth-order valence-electron chi connectivity index (χ4n) is 5.78. The Morgan fingerprint density at radius 2 is 0.941 bits per heavy atom. The normalized spacial score (nSPS) is 13.2. The molecule has 0 unspecified atom stereocenters. The summed E-state index contributed by atoms with van der Waals surface area (Å²) in [7, 11) is 0. The molecule has 3 aromatic rings. The molecule has 0 aliphatic rings. The lowest BCUT2D eigenvalue weighted by atomic mass is 9.72. The van der Waals surface area contributed by atoms with Gasteiger partial charge in [-0.15, -0.1) is 11.3 Å². The van der Waals surface area contributed by atoms with Crippen molar-refractivity contribution in [2.24, 2.45) is 10.8 Å². The fourth-order valence-corrected chi connectivity index (χ4v) is 6.55. The molecule has 0 bridgehead atoms. The molecule has 0 atom stereocenters. The first-order valence-corrected chi connectivity index (χ1v) is 13.5. The smallest absolute Gasteiger partial charge is 0.0999 e. The van der Waals surface area contributed by atoms with Gasteiger partial charge in [-0.05, 0) is 87.4 Å². The predicted molar refractivity (Wildman–Crippen MR) is 153 cm³/mol. The molecule has 0 spiro atoms. The van der Waals surface area contributed by atoms with Crippen LogP contribution in [0.2, 0.25) is 0 Å². The standard InChI is InChI=1S/C32H45NS/c1-29(2,3)22-31(7,8)24-13-17-26(18-14-24)33(28-12-11-21-34-28)27-19-15-25(16-20-27)32(9,10)23-30(4,5)6/h11-21H,22-23H2,1-10H3. The highest BCUT2D eigenvalue weighted by Gasteiger charge is 2.29. The van der Waals surface area contributed by atoms with Crippen molar-refractivity contribution in [2.45, 2.75) is 92.9 Å². The number of rotatable bonds is 7. The molecule has 0 saturated heterocycles. The van der Waals surface area contributed by atoms with E-state index in [4.69, 9.17) is 0 Å². The van der Waals surface area contributed by atoms with E-state index in [0.717, 1.165) is 12.8 Å². The molecular weight excluding hydrogens is 430 g/mol. The van der Waals surface area contributed by atoms with Gasteiger partial charge in [-0.2, -0.15) is 0 Å². The summed E-state index contributed by atoms with van der Waals surface area (Å²) >= 11 is 1.78. The summed E-state index contributed by atoms with van der Waals surface area (Å²) < 4.78 is 0. The zero-order chi connectivity index (χ0) is 25.4. The van der Waals surface area contributed by atoms with Crippen LogP contribution in [0.15, 0.2) is 66.0 Å². The number of hydrogen-bond donors (Lipinski definition) is 0. The minimum Gasteiger partial charge on any atom is -0.302 e. The number of nitrogens with zero attached hydrogens (tertiary/aromatic N) is 1. The van der Waals surface area contributed by atoms with E-state index >= 15 is 0 Å². The van der Waals surface area contributed by atoms with Gasteiger partial charge in [-0.25, -0.2) is 0 Å². The van der Waals surface area contributed by atoms with E-state index in [-0.39, 0.29) is 10.8 Å². The van der Waals surface area contributed by atoms with Gasteiger partial charge >= 0.3 is 0 Å². The van der Waals surface area contributed by atoms with Crippen LogP contribution in [0.5, 0.6) is 0 Å². The number of anilines is 3. The summed E-state index contributed by atoms with van der Waals surface area (Å²) in [6, 6.07) is 22.8. The first kappa shape index (κ1) is 26.5. The molecule has 0 fully saturated rings. The van der Waals surface area contributed by atoms with Crippen LogP contribution in [0.4, 0.5) is 16.4 Å². The third kappa shape index (κ3) is 6.75. The maximum atomic E-state index is 2.38. The van der Waals surface area contributed by atoms with Crippen molar-refractivity contribution in [1.29, 1.82) is 0 Å². The average Bonchev–Trinajstić information content (AvgIpc) is 3.20.